The van der Waals surface area contributed by atoms with Gasteiger partial charge in [0.25, 0.3) is 0 Å². The van der Waals surface area contributed by atoms with Crippen LogP contribution in [0.15, 0.2) is 23.1 Å². The van der Waals surface area contributed by atoms with E-state index in [-0.39, 0.29) is 10.6 Å². The third kappa shape index (κ3) is 0.956. The first-order chi connectivity index (χ1) is 5.61. The molecule has 1 heterocycles. The van der Waals surface area contributed by atoms with Crippen LogP contribution < -0.4 is 0 Å². The second-order valence-corrected chi connectivity index (χ2v) is 4.72. The molecule has 4 heteroatoms. The Hall–Kier alpha value is -0.870. The van der Waals surface area contributed by atoms with Gasteiger partial charge in [0.1, 0.15) is 0 Å². The Morgan fingerprint density at radius 1 is 1.58 bits per heavy atom. The highest BCUT2D eigenvalue weighted by molar-refractivity contribution is 7.91. The fourth-order valence-corrected chi connectivity index (χ4v) is 2.92. The SMILES string of the molecule is O=S1(=O)CC(O)c2ccc[c]c21. The van der Waals surface area contributed by atoms with Crippen LogP contribution in [0.25, 0.3) is 0 Å². The normalized spacial score (nSPS) is 25.2. The van der Waals surface area contributed by atoms with Crippen molar-refractivity contribution >= 4 is 9.84 Å². The number of hydrogen-bond acceptors (Lipinski definition) is 3. The van der Waals surface area contributed by atoms with Crippen LogP contribution >= 0.6 is 0 Å². The zero-order chi connectivity index (χ0) is 8.77. The average molecular weight is 183 g/mol. The highest BCUT2D eigenvalue weighted by Crippen LogP contribution is 2.31. The minimum Gasteiger partial charge on any atom is -0.387 e. The molecule has 0 amide bonds. The Morgan fingerprint density at radius 3 is 3.00 bits per heavy atom. The second-order valence-electron chi connectivity index (χ2n) is 2.75. The number of hydrogen-bond donors (Lipinski definition) is 1. The van der Waals surface area contributed by atoms with Crippen LogP contribution in [-0.2, 0) is 9.84 Å². The fourth-order valence-electron chi connectivity index (χ4n) is 1.35. The van der Waals surface area contributed by atoms with E-state index in [9.17, 15) is 13.5 Å². The number of rotatable bonds is 0. The fraction of sp³-hybridized carbons (Fsp3) is 0.250. The molecule has 1 radical (unpaired) electrons. The van der Waals surface area contributed by atoms with Crippen molar-refractivity contribution < 1.29 is 13.5 Å². The third-order valence-electron chi connectivity index (χ3n) is 1.90. The van der Waals surface area contributed by atoms with Gasteiger partial charge in [-0.15, -0.1) is 0 Å². The molecule has 0 saturated heterocycles. The molecular weight excluding hydrogens is 176 g/mol. The van der Waals surface area contributed by atoms with Crippen LogP contribution in [0.1, 0.15) is 11.7 Å². The average Bonchev–Trinajstić information content (AvgIpc) is 2.25. The van der Waals surface area contributed by atoms with Gasteiger partial charge in [-0.05, 0) is 0 Å². The lowest BCUT2D eigenvalue weighted by Gasteiger charge is -1.97. The van der Waals surface area contributed by atoms with Crippen molar-refractivity contribution in [1.82, 2.24) is 0 Å². The van der Waals surface area contributed by atoms with Gasteiger partial charge in [0.05, 0.1) is 16.8 Å². The first-order valence-corrected chi connectivity index (χ1v) is 5.18. The summed E-state index contributed by atoms with van der Waals surface area (Å²) >= 11 is 0. The molecule has 63 valence electrons. The topological polar surface area (TPSA) is 54.4 Å². The largest absolute Gasteiger partial charge is 0.387 e. The Kier molecular flexibility index (Phi) is 1.49. The minimum absolute atomic E-state index is 0.150. The van der Waals surface area contributed by atoms with Gasteiger partial charge in [-0.1, -0.05) is 18.2 Å². The highest BCUT2D eigenvalue weighted by atomic mass is 32.2. The Bertz CT molecular complexity index is 408. The van der Waals surface area contributed by atoms with Crippen molar-refractivity contribution in [3.8, 4) is 0 Å². The van der Waals surface area contributed by atoms with Gasteiger partial charge in [0, 0.05) is 11.6 Å². The molecule has 0 aromatic heterocycles. The molecular formula is C8H7O3S. The van der Waals surface area contributed by atoms with E-state index in [4.69, 9.17) is 0 Å². The van der Waals surface area contributed by atoms with Crippen LogP contribution in [0.2, 0.25) is 0 Å². The van der Waals surface area contributed by atoms with E-state index in [1.165, 1.54) is 6.07 Å². The number of benzene rings is 1. The van der Waals surface area contributed by atoms with Gasteiger partial charge in [-0.25, -0.2) is 8.42 Å². The van der Waals surface area contributed by atoms with Crippen LogP contribution in [0, 0.1) is 6.07 Å². The summed E-state index contributed by atoms with van der Waals surface area (Å²) in [4.78, 5) is 0.150. The zero-order valence-corrected chi connectivity index (χ0v) is 7.00. The van der Waals surface area contributed by atoms with Gasteiger partial charge in [-0.2, -0.15) is 0 Å². The lowest BCUT2D eigenvalue weighted by atomic mass is 10.1. The maximum Gasteiger partial charge on any atom is 0.182 e. The van der Waals surface area contributed by atoms with Crippen LogP contribution in [-0.4, -0.2) is 19.3 Å². The van der Waals surface area contributed by atoms with Gasteiger partial charge in [0.2, 0.25) is 0 Å². The van der Waals surface area contributed by atoms with Crippen molar-refractivity contribution in [2.75, 3.05) is 5.75 Å². The lowest BCUT2D eigenvalue weighted by Crippen LogP contribution is -2.02. The van der Waals surface area contributed by atoms with Gasteiger partial charge in [0.15, 0.2) is 9.84 Å². The summed E-state index contributed by atoms with van der Waals surface area (Å²) in [5.74, 6) is -0.206. The summed E-state index contributed by atoms with van der Waals surface area (Å²) < 4.78 is 22.5. The molecule has 12 heavy (non-hydrogen) atoms. The van der Waals surface area contributed by atoms with E-state index in [1.807, 2.05) is 0 Å². The zero-order valence-electron chi connectivity index (χ0n) is 6.19. The van der Waals surface area contributed by atoms with Crippen molar-refractivity contribution in [3.63, 3.8) is 0 Å². The summed E-state index contributed by atoms with van der Waals surface area (Å²) in [5.41, 5.74) is 0.470. The van der Waals surface area contributed by atoms with Crippen molar-refractivity contribution in [3.05, 3.63) is 29.8 Å². The quantitative estimate of drug-likeness (QED) is 0.629. The molecule has 3 nitrogen and oxygen atoms in total. The summed E-state index contributed by atoms with van der Waals surface area (Å²) in [6.45, 7) is 0. The number of aliphatic hydroxyl groups is 1. The molecule has 2 rings (SSSR count). The van der Waals surface area contributed by atoms with Crippen molar-refractivity contribution in [1.29, 1.82) is 0 Å². The molecule has 0 bridgehead atoms. The second kappa shape index (κ2) is 2.31. The summed E-state index contributed by atoms with van der Waals surface area (Å²) in [6.07, 6.45) is -0.873. The molecule has 1 aromatic rings. The molecule has 0 saturated carbocycles. The van der Waals surface area contributed by atoms with Gasteiger partial charge < -0.3 is 5.11 Å². The molecule has 0 spiro atoms. The Morgan fingerprint density at radius 2 is 2.33 bits per heavy atom. The van der Waals surface area contributed by atoms with Gasteiger partial charge in [-0.3, -0.25) is 0 Å². The predicted molar refractivity (Wildman–Crippen MR) is 42.3 cm³/mol. The summed E-state index contributed by atoms with van der Waals surface area (Å²) in [7, 11) is -3.26. The van der Waals surface area contributed by atoms with E-state index >= 15 is 0 Å². The van der Waals surface area contributed by atoms with Gasteiger partial charge >= 0.3 is 0 Å². The molecule has 0 aliphatic carbocycles. The summed E-state index contributed by atoms with van der Waals surface area (Å²) in [6, 6.07) is 7.44. The van der Waals surface area contributed by atoms with E-state index in [2.05, 4.69) is 6.07 Å². The van der Waals surface area contributed by atoms with E-state index in [0.29, 0.717) is 5.56 Å². The van der Waals surface area contributed by atoms with Crippen molar-refractivity contribution in [2.24, 2.45) is 0 Å². The minimum atomic E-state index is -3.26. The Balaban J connectivity index is 2.74. The van der Waals surface area contributed by atoms with E-state index < -0.39 is 15.9 Å². The summed E-state index contributed by atoms with van der Waals surface area (Å²) in [5, 5.41) is 9.32. The maximum atomic E-state index is 11.3. The molecule has 1 aliphatic rings. The molecule has 0 fully saturated rings. The smallest absolute Gasteiger partial charge is 0.182 e. The standard InChI is InChI=1S/C8H7O3S/c9-7-5-12(10,11)8-4-2-1-3-6(7)8/h1-3,7,9H,5H2. The highest BCUT2D eigenvalue weighted by Gasteiger charge is 2.32. The lowest BCUT2D eigenvalue weighted by molar-refractivity contribution is 0.204. The first-order valence-electron chi connectivity index (χ1n) is 3.53. The number of aliphatic hydroxyl groups excluding tert-OH is 1. The molecule has 1 aliphatic heterocycles. The molecule has 1 N–H and O–H groups in total. The Labute approximate surface area is 70.6 Å². The predicted octanol–water partition coefficient (Wildman–Crippen LogP) is 0.307. The van der Waals surface area contributed by atoms with Crippen LogP contribution in [0.3, 0.4) is 0 Å². The first kappa shape index (κ1) is 7.76. The van der Waals surface area contributed by atoms with E-state index in [1.54, 1.807) is 12.1 Å². The van der Waals surface area contributed by atoms with Crippen molar-refractivity contribution in [2.45, 2.75) is 11.0 Å². The molecule has 1 unspecified atom stereocenters. The number of sulfone groups is 1. The molecule has 1 aromatic carbocycles. The third-order valence-corrected chi connectivity index (χ3v) is 3.63. The van der Waals surface area contributed by atoms with Crippen LogP contribution in [0.5, 0.6) is 0 Å². The monoisotopic (exact) mass is 183 g/mol. The number of fused-ring (bicyclic) bond motifs is 1. The molecule has 1 atom stereocenters. The maximum absolute atomic E-state index is 11.3. The van der Waals surface area contributed by atoms with E-state index in [0.717, 1.165) is 0 Å². The van der Waals surface area contributed by atoms with Crippen LogP contribution in [0.4, 0.5) is 0 Å².